The predicted molar refractivity (Wildman–Crippen MR) is 74.6 cm³/mol. The first-order valence-corrected chi connectivity index (χ1v) is 6.07. The maximum Gasteiger partial charge on any atom is 0.335 e. The smallest absolute Gasteiger partial charge is 0.335 e. The number of pyridine rings is 1. The van der Waals surface area contributed by atoms with Crippen LogP contribution in [0.5, 0.6) is 0 Å². The Hall–Kier alpha value is -2.96. The highest BCUT2D eigenvalue weighted by atomic mass is 16.6. The number of rotatable bonds is 4. The van der Waals surface area contributed by atoms with Gasteiger partial charge in [-0.25, -0.2) is 4.79 Å². The highest BCUT2D eigenvalue weighted by Crippen LogP contribution is 2.21. The third kappa shape index (κ3) is 2.97. The molecule has 1 N–H and O–H groups in total. The molecular weight excluding hydrogens is 276 g/mol. The van der Waals surface area contributed by atoms with Crippen molar-refractivity contribution < 1.29 is 14.8 Å². The molecule has 0 aliphatic heterocycles. The number of nitrogens with zero attached hydrogens (tertiary/aromatic N) is 2. The second-order valence-corrected chi connectivity index (χ2v) is 4.51. The lowest BCUT2D eigenvalue weighted by molar-refractivity contribution is -0.385. The van der Waals surface area contributed by atoms with Gasteiger partial charge in [0.15, 0.2) is 0 Å². The summed E-state index contributed by atoms with van der Waals surface area (Å²) < 4.78 is 1.30. The molecular formula is C14H12N2O5. The van der Waals surface area contributed by atoms with Crippen molar-refractivity contribution in [2.24, 2.45) is 0 Å². The molecule has 0 aliphatic carbocycles. The van der Waals surface area contributed by atoms with E-state index < -0.39 is 16.5 Å². The van der Waals surface area contributed by atoms with Crippen molar-refractivity contribution in [2.45, 2.75) is 13.5 Å². The van der Waals surface area contributed by atoms with Gasteiger partial charge in [-0.05, 0) is 18.6 Å². The summed E-state index contributed by atoms with van der Waals surface area (Å²) in [7, 11) is 0. The Morgan fingerprint density at radius 3 is 2.67 bits per heavy atom. The van der Waals surface area contributed by atoms with Gasteiger partial charge in [-0.15, -0.1) is 0 Å². The molecule has 0 saturated carbocycles. The number of benzene rings is 1. The first-order valence-electron chi connectivity index (χ1n) is 6.07. The average molecular weight is 288 g/mol. The minimum Gasteiger partial charge on any atom is -0.478 e. The Kier molecular flexibility index (Phi) is 3.84. The van der Waals surface area contributed by atoms with Crippen LogP contribution in [-0.4, -0.2) is 20.6 Å². The van der Waals surface area contributed by atoms with Crippen LogP contribution in [0.25, 0.3) is 0 Å². The summed E-state index contributed by atoms with van der Waals surface area (Å²) in [6.45, 7) is 1.76. The molecule has 0 bridgehead atoms. The summed E-state index contributed by atoms with van der Waals surface area (Å²) >= 11 is 0. The molecule has 7 heteroatoms. The van der Waals surface area contributed by atoms with E-state index in [4.69, 9.17) is 5.11 Å². The molecule has 0 amide bonds. The quantitative estimate of drug-likeness (QED) is 0.682. The lowest BCUT2D eigenvalue weighted by Gasteiger charge is -2.09. The zero-order valence-corrected chi connectivity index (χ0v) is 11.1. The summed E-state index contributed by atoms with van der Waals surface area (Å²) in [5, 5.41) is 19.7. The van der Waals surface area contributed by atoms with Gasteiger partial charge in [0.25, 0.3) is 11.2 Å². The van der Waals surface area contributed by atoms with Gasteiger partial charge >= 0.3 is 5.97 Å². The van der Waals surface area contributed by atoms with E-state index in [0.29, 0.717) is 11.1 Å². The monoisotopic (exact) mass is 288 g/mol. The fourth-order valence-corrected chi connectivity index (χ4v) is 1.99. The summed E-state index contributed by atoms with van der Waals surface area (Å²) in [6, 6.07) is 6.98. The van der Waals surface area contributed by atoms with Crippen molar-refractivity contribution in [3.63, 3.8) is 0 Å². The second-order valence-electron chi connectivity index (χ2n) is 4.51. The van der Waals surface area contributed by atoms with E-state index in [9.17, 15) is 19.7 Å². The number of carbonyl (C=O) groups is 1. The van der Waals surface area contributed by atoms with Gasteiger partial charge in [0.05, 0.1) is 17.0 Å². The Morgan fingerprint density at radius 1 is 1.38 bits per heavy atom. The predicted octanol–water partition coefficient (Wildman–Crippen LogP) is 1.81. The summed E-state index contributed by atoms with van der Waals surface area (Å²) in [4.78, 5) is 33.0. The molecule has 2 aromatic rings. The Bertz CT molecular complexity index is 779. The molecule has 1 aromatic carbocycles. The lowest BCUT2D eigenvalue weighted by Crippen LogP contribution is -2.21. The summed E-state index contributed by atoms with van der Waals surface area (Å²) in [5.41, 5.74) is 0.543. The third-order valence-corrected chi connectivity index (χ3v) is 3.20. The van der Waals surface area contributed by atoms with Crippen LogP contribution in [0.1, 0.15) is 21.5 Å². The van der Waals surface area contributed by atoms with E-state index in [-0.39, 0.29) is 17.8 Å². The molecule has 1 heterocycles. The van der Waals surface area contributed by atoms with Gasteiger partial charge in [0.2, 0.25) is 0 Å². The van der Waals surface area contributed by atoms with Crippen molar-refractivity contribution in [1.82, 2.24) is 4.57 Å². The fraction of sp³-hybridized carbons (Fsp3) is 0.143. The molecule has 0 radical (unpaired) electrons. The van der Waals surface area contributed by atoms with Crippen LogP contribution in [0.3, 0.4) is 0 Å². The SMILES string of the molecule is Cc1c(Cn2ccc(C(=O)O)cc2=O)cccc1[N+](=O)[O-]. The average Bonchev–Trinajstić information content (AvgIpc) is 2.42. The van der Waals surface area contributed by atoms with Crippen molar-refractivity contribution in [3.05, 3.63) is 73.7 Å². The summed E-state index contributed by atoms with van der Waals surface area (Å²) in [6.07, 6.45) is 1.37. The van der Waals surface area contributed by atoms with Gasteiger partial charge in [0, 0.05) is 23.9 Å². The van der Waals surface area contributed by atoms with Crippen LogP contribution in [0.15, 0.2) is 41.3 Å². The third-order valence-electron chi connectivity index (χ3n) is 3.20. The molecule has 1 aromatic heterocycles. The van der Waals surface area contributed by atoms with Gasteiger partial charge in [0.1, 0.15) is 0 Å². The van der Waals surface area contributed by atoms with E-state index >= 15 is 0 Å². The zero-order chi connectivity index (χ0) is 15.6. The number of nitro benzene ring substituents is 1. The normalized spacial score (nSPS) is 10.3. The summed E-state index contributed by atoms with van der Waals surface area (Å²) in [5.74, 6) is -1.18. The molecule has 0 spiro atoms. The molecule has 0 saturated heterocycles. The number of hydrogen-bond donors (Lipinski definition) is 1. The lowest BCUT2D eigenvalue weighted by atomic mass is 10.1. The molecule has 0 fully saturated rings. The van der Waals surface area contributed by atoms with Crippen molar-refractivity contribution >= 4 is 11.7 Å². The van der Waals surface area contributed by atoms with Crippen molar-refractivity contribution in [3.8, 4) is 0 Å². The molecule has 7 nitrogen and oxygen atoms in total. The number of carboxylic acids is 1. The number of nitro groups is 1. The Morgan fingerprint density at radius 2 is 2.10 bits per heavy atom. The van der Waals surface area contributed by atoms with Crippen LogP contribution in [0.4, 0.5) is 5.69 Å². The second kappa shape index (κ2) is 5.58. The van der Waals surface area contributed by atoms with E-state index in [1.807, 2.05) is 0 Å². The van der Waals surface area contributed by atoms with Crippen LogP contribution in [0, 0.1) is 17.0 Å². The topological polar surface area (TPSA) is 102 Å². The van der Waals surface area contributed by atoms with E-state index in [0.717, 1.165) is 6.07 Å². The molecule has 108 valence electrons. The molecule has 21 heavy (non-hydrogen) atoms. The number of aromatic carboxylic acids is 1. The highest BCUT2D eigenvalue weighted by Gasteiger charge is 2.14. The van der Waals surface area contributed by atoms with Crippen molar-refractivity contribution in [2.75, 3.05) is 0 Å². The van der Waals surface area contributed by atoms with Crippen LogP contribution >= 0.6 is 0 Å². The Labute approximate surface area is 119 Å². The first-order chi connectivity index (χ1) is 9.90. The maximum absolute atomic E-state index is 11.8. The number of aromatic nitrogens is 1. The van der Waals surface area contributed by atoms with Crippen molar-refractivity contribution in [1.29, 1.82) is 0 Å². The van der Waals surface area contributed by atoms with Crippen LogP contribution < -0.4 is 5.56 Å². The van der Waals surface area contributed by atoms with Crippen LogP contribution in [-0.2, 0) is 6.54 Å². The first kappa shape index (κ1) is 14.4. The zero-order valence-electron chi connectivity index (χ0n) is 11.1. The van der Waals surface area contributed by atoms with Crippen LogP contribution in [0.2, 0.25) is 0 Å². The Balaban J connectivity index is 2.39. The van der Waals surface area contributed by atoms with E-state index in [1.54, 1.807) is 19.1 Å². The largest absolute Gasteiger partial charge is 0.478 e. The number of hydrogen-bond acceptors (Lipinski definition) is 4. The van der Waals surface area contributed by atoms with Gasteiger partial charge < -0.3 is 9.67 Å². The van der Waals surface area contributed by atoms with Gasteiger partial charge in [-0.3, -0.25) is 14.9 Å². The van der Waals surface area contributed by atoms with E-state index in [2.05, 4.69) is 0 Å². The number of carboxylic acid groups (broad SMARTS) is 1. The minimum atomic E-state index is -1.18. The molecule has 0 aliphatic rings. The fourth-order valence-electron chi connectivity index (χ4n) is 1.99. The van der Waals surface area contributed by atoms with E-state index in [1.165, 1.54) is 22.9 Å². The van der Waals surface area contributed by atoms with Gasteiger partial charge in [-0.2, -0.15) is 0 Å². The maximum atomic E-state index is 11.8. The highest BCUT2D eigenvalue weighted by molar-refractivity contribution is 5.87. The molecule has 0 unspecified atom stereocenters. The minimum absolute atomic E-state index is 0.0114. The molecule has 2 rings (SSSR count). The standard InChI is InChI=1S/C14H12N2O5/c1-9-11(3-2-4-12(9)16(20)21)8-15-6-5-10(14(18)19)7-13(15)17/h2-7H,8H2,1H3,(H,18,19). The molecule has 0 atom stereocenters. The van der Waals surface area contributed by atoms with Gasteiger partial charge in [-0.1, -0.05) is 12.1 Å².